The summed E-state index contributed by atoms with van der Waals surface area (Å²) in [4.78, 5) is 16.2. The molecule has 1 atom stereocenters. The maximum Gasteiger partial charge on any atom is 0.236 e. The lowest BCUT2D eigenvalue weighted by molar-refractivity contribution is -0.902. The summed E-state index contributed by atoms with van der Waals surface area (Å²) in [6.45, 7) is 9.00. The van der Waals surface area contributed by atoms with E-state index in [1.807, 2.05) is 36.1 Å². The van der Waals surface area contributed by atoms with E-state index in [1.54, 1.807) is 4.90 Å². The van der Waals surface area contributed by atoms with Crippen LogP contribution in [0.15, 0.2) is 28.6 Å². The molecule has 0 bridgehead atoms. The predicted octanol–water partition coefficient (Wildman–Crippen LogP) is 2.16. The number of benzene rings is 1. The topological polar surface area (TPSA) is 62.6 Å². The first-order valence-electron chi connectivity index (χ1n) is 8.70. The van der Waals surface area contributed by atoms with Crippen LogP contribution in [0.3, 0.4) is 0 Å². The zero-order valence-corrected chi connectivity index (χ0v) is 17.3. The number of aromatic nitrogens is 2. The first-order chi connectivity index (χ1) is 12.5. The number of hydrogen-bond acceptors (Lipinski definition) is 6. The predicted molar refractivity (Wildman–Crippen MR) is 108 cm³/mol. The van der Waals surface area contributed by atoms with Gasteiger partial charge in [0.1, 0.15) is 0 Å². The maximum absolute atomic E-state index is 12.7. The lowest BCUT2D eigenvalue weighted by atomic mass is 10.3. The number of thioether (sulfide) groups is 1. The molecule has 140 valence electrons. The molecule has 0 saturated carbocycles. The SMILES string of the molecule is CC[NH+]1CCN(C(=O)[C@H](C)Sc2nnc(Nc3cccc(Cl)c3)s2)CC1. The molecule has 1 saturated heterocycles. The number of carbonyl (C=O) groups excluding carboxylic acids is 1. The van der Waals surface area contributed by atoms with E-state index >= 15 is 0 Å². The van der Waals surface area contributed by atoms with Gasteiger partial charge < -0.3 is 15.1 Å². The van der Waals surface area contributed by atoms with Gasteiger partial charge in [-0.25, -0.2) is 0 Å². The number of likely N-dealkylation sites (N-methyl/N-ethyl adjacent to an activating group) is 1. The van der Waals surface area contributed by atoms with Crippen LogP contribution in [0, 0.1) is 0 Å². The number of nitrogens with zero attached hydrogens (tertiary/aromatic N) is 3. The Kier molecular flexibility index (Phi) is 6.74. The van der Waals surface area contributed by atoms with Gasteiger partial charge in [0.05, 0.1) is 38.0 Å². The van der Waals surface area contributed by atoms with Crippen molar-refractivity contribution in [3.63, 3.8) is 0 Å². The summed E-state index contributed by atoms with van der Waals surface area (Å²) in [7, 11) is 0. The number of anilines is 2. The summed E-state index contributed by atoms with van der Waals surface area (Å²) < 4.78 is 0.785. The molecule has 1 aromatic carbocycles. The number of amides is 1. The smallest absolute Gasteiger partial charge is 0.236 e. The molecule has 0 spiro atoms. The van der Waals surface area contributed by atoms with Gasteiger partial charge >= 0.3 is 0 Å². The number of rotatable bonds is 6. The van der Waals surface area contributed by atoms with Gasteiger partial charge in [0, 0.05) is 10.7 Å². The normalized spacial score (nSPS) is 16.5. The van der Waals surface area contributed by atoms with E-state index in [1.165, 1.54) is 23.1 Å². The number of piperazine rings is 1. The molecule has 1 aromatic heterocycles. The molecule has 0 aliphatic carbocycles. The van der Waals surface area contributed by atoms with Crippen molar-refractivity contribution in [3.8, 4) is 0 Å². The molecule has 3 rings (SSSR count). The Labute approximate surface area is 166 Å². The fourth-order valence-electron chi connectivity index (χ4n) is 2.85. The van der Waals surface area contributed by atoms with Gasteiger partial charge in [-0.15, -0.1) is 10.2 Å². The lowest BCUT2D eigenvalue weighted by Gasteiger charge is -2.32. The second kappa shape index (κ2) is 9.03. The minimum atomic E-state index is -0.162. The van der Waals surface area contributed by atoms with Crippen molar-refractivity contribution in [2.75, 3.05) is 38.0 Å². The van der Waals surface area contributed by atoms with E-state index in [0.29, 0.717) is 10.2 Å². The lowest BCUT2D eigenvalue weighted by Crippen LogP contribution is -3.14. The van der Waals surface area contributed by atoms with Crippen LogP contribution in [0.5, 0.6) is 0 Å². The minimum absolute atomic E-state index is 0.162. The molecule has 2 aromatic rings. The van der Waals surface area contributed by atoms with E-state index < -0.39 is 0 Å². The quantitative estimate of drug-likeness (QED) is 0.712. The van der Waals surface area contributed by atoms with Gasteiger partial charge in [0.15, 0.2) is 4.34 Å². The highest BCUT2D eigenvalue weighted by Gasteiger charge is 2.27. The summed E-state index contributed by atoms with van der Waals surface area (Å²) in [5, 5.41) is 12.7. The van der Waals surface area contributed by atoms with Crippen LogP contribution in [-0.2, 0) is 4.79 Å². The molecular weight excluding hydrogens is 390 g/mol. The first-order valence-corrected chi connectivity index (χ1v) is 10.8. The Morgan fingerprint density at radius 2 is 2.19 bits per heavy atom. The largest absolute Gasteiger partial charge is 0.332 e. The fraction of sp³-hybridized carbons (Fsp3) is 0.471. The van der Waals surface area contributed by atoms with Gasteiger partial charge in [-0.2, -0.15) is 0 Å². The number of carbonyl (C=O) groups is 1. The van der Waals surface area contributed by atoms with Crippen LogP contribution in [0.25, 0.3) is 0 Å². The van der Waals surface area contributed by atoms with E-state index in [-0.39, 0.29) is 11.2 Å². The molecule has 2 N–H and O–H groups in total. The molecule has 0 unspecified atom stereocenters. The number of hydrogen-bond donors (Lipinski definition) is 2. The maximum atomic E-state index is 12.7. The Bertz CT molecular complexity index is 748. The minimum Gasteiger partial charge on any atom is -0.332 e. The summed E-state index contributed by atoms with van der Waals surface area (Å²) >= 11 is 8.90. The third-order valence-electron chi connectivity index (χ3n) is 4.39. The van der Waals surface area contributed by atoms with Crippen LogP contribution in [0.4, 0.5) is 10.8 Å². The Hall–Kier alpha value is -1.35. The highest BCUT2D eigenvalue weighted by atomic mass is 35.5. The Balaban J connectivity index is 1.54. The van der Waals surface area contributed by atoms with Gasteiger partial charge in [-0.1, -0.05) is 40.8 Å². The Morgan fingerprint density at radius 1 is 1.42 bits per heavy atom. The molecular formula is C17H23ClN5OS2+. The van der Waals surface area contributed by atoms with Crippen LogP contribution < -0.4 is 10.2 Å². The fourth-order valence-corrected chi connectivity index (χ4v) is 5.04. The van der Waals surface area contributed by atoms with Crippen molar-refractivity contribution in [1.82, 2.24) is 15.1 Å². The highest BCUT2D eigenvalue weighted by molar-refractivity contribution is 8.02. The molecule has 1 aliphatic rings. The number of quaternary nitrogens is 1. The standard InChI is InChI=1S/C17H22ClN5OS2/c1-3-22-7-9-23(10-8-22)15(24)12(2)25-17-21-20-16(26-17)19-14-6-4-5-13(18)11-14/h4-6,11-12H,3,7-10H2,1-2H3,(H,19,20)/p+1/t12-/m0/s1. The third-order valence-corrected chi connectivity index (χ3v) is 6.64. The number of halogens is 1. The van der Waals surface area contributed by atoms with Crippen LogP contribution in [0.2, 0.25) is 5.02 Å². The summed E-state index contributed by atoms with van der Waals surface area (Å²) in [6, 6.07) is 7.45. The molecule has 0 radical (unpaired) electrons. The monoisotopic (exact) mass is 412 g/mol. The zero-order chi connectivity index (χ0) is 18.5. The van der Waals surface area contributed by atoms with Gasteiger partial charge in [0.2, 0.25) is 11.0 Å². The van der Waals surface area contributed by atoms with E-state index in [0.717, 1.165) is 42.8 Å². The molecule has 1 fully saturated rings. The van der Waals surface area contributed by atoms with Crippen molar-refractivity contribution >= 4 is 51.4 Å². The number of nitrogens with one attached hydrogen (secondary N) is 2. The summed E-state index contributed by atoms with van der Waals surface area (Å²) in [5.74, 6) is 0.185. The van der Waals surface area contributed by atoms with E-state index in [2.05, 4.69) is 22.4 Å². The van der Waals surface area contributed by atoms with Crippen LogP contribution >= 0.6 is 34.7 Å². The third kappa shape index (κ3) is 5.09. The Morgan fingerprint density at radius 3 is 2.88 bits per heavy atom. The molecule has 2 heterocycles. The van der Waals surface area contributed by atoms with Crippen molar-refractivity contribution in [3.05, 3.63) is 29.3 Å². The summed E-state index contributed by atoms with van der Waals surface area (Å²) in [5.41, 5.74) is 0.866. The summed E-state index contributed by atoms with van der Waals surface area (Å²) in [6.07, 6.45) is 0. The van der Waals surface area contributed by atoms with Crippen molar-refractivity contribution in [1.29, 1.82) is 0 Å². The van der Waals surface area contributed by atoms with Gasteiger partial charge in [0.25, 0.3) is 0 Å². The van der Waals surface area contributed by atoms with Crippen LogP contribution in [-0.4, -0.2) is 59.0 Å². The average Bonchev–Trinajstić information content (AvgIpc) is 3.08. The van der Waals surface area contributed by atoms with E-state index in [4.69, 9.17) is 11.6 Å². The van der Waals surface area contributed by atoms with Crippen LogP contribution in [0.1, 0.15) is 13.8 Å². The second-order valence-corrected chi connectivity index (χ2v) is 9.20. The van der Waals surface area contributed by atoms with Gasteiger partial charge in [-0.05, 0) is 32.0 Å². The van der Waals surface area contributed by atoms with E-state index in [9.17, 15) is 4.79 Å². The molecule has 9 heteroatoms. The second-order valence-electron chi connectivity index (χ2n) is 6.20. The highest BCUT2D eigenvalue weighted by Crippen LogP contribution is 2.31. The molecule has 6 nitrogen and oxygen atoms in total. The average molecular weight is 413 g/mol. The molecule has 1 amide bonds. The van der Waals surface area contributed by atoms with Crippen molar-refractivity contribution in [2.24, 2.45) is 0 Å². The molecule has 26 heavy (non-hydrogen) atoms. The van der Waals surface area contributed by atoms with Crippen molar-refractivity contribution in [2.45, 2.75) is 23.4 Å². The molecule has 1 aliphatic heterocycles. The first kappa shape index (κ1) is 19.4. The van der Waals surface area contributed by atoms with Crippen molar-refractivity contribution < 1.29 is 9.69 Å². The zero-order valence-electron chi connectivity index (χ0n) is 14.9. The van der Waals surface area contributed by atoms with Gasteiger partial charge in [-0.3, -0.25) is 4.79 Å².